The van der Waals surface area contributed by atoms with Gasteiger partial charge in [-0.1, -0.05) is 35.9 Å². The van der Waals surface area contributed by atoms with E-state index in [1.165, 1.54) is 0 Å². The molecule has 1 aromatic heterocycles. The molecule has 2 aromatic carbocycles. The fourth-order valence-corrected chi connectivity index (χ4v) is 3.06. The quantitative estimate of drug-likeness (QED) is 0.565. The summed E-state index contributed by atoms with van der Waals surface area (Å²) < 4.78 is 11.2. The van der Waals surface area contributed by atoms with Crippen LogP contribution in [0.15, 0.2) is 72.9 Å². The average molecular weight is 411 g/mol. The first-order valence-corrected chi connectivity index (χ1v) is 9.65. The largest absolute Gasteiger partial charge is 0.484 e. The van der Waals surface area contributed by atoms with Crippen LogP contribution in [0.2, 0.25) is 5.02 Å². The van der Waals surface area contributed by atoms with E-state index in [0.29, 0.717) is 28.8 Å². The molecule has 0 spiro atoms. The van der Waals surface area contributed by atoms with E-state index in [2.05, 4.69) is 10.3 Å². The standard InChI is InChI=1S/C23H23ClN2O3/c1-23(2,15-17-7-3-4-8-20(17)24)26-21(27)16-28-18-10-12-19(13-11-18)29-22-9-5-6-14-25-22/h3-14H,15-16H2,1-2H3,(H,26,27). The normalized spacial score (nSPS) is 11.0. The van der Waals surface area contributed by atoms with Crippen molar-refractivity contribution in [3.8, 4) is 17.4 Å². The molecule has 150 valence electrons. The highest BCUT2D eigenvalue weighted by molar-refractivity contribution is 6.31. The molecule has 0 aliphatic carbocycles. The van der Waals surface area contributed by atoms with Crippen LogP contribution in [0.3, 0.4) is 0 Å². The van der Waals surface area contributed by atoms with Gasteiger partial charge in [0.15, 0.2) is 6.61 Å². The van der Waals surface area contributed by atoms with Gasteiger partial charge in [0.25, 0.3) is 5.91 Å². The number of carbonyl (C=O) groups excluding carboxylic acids is 1. The highest BCUT2D eigenvalue weighted by atomic mass is 35.5. The van der Waals surface area contributed by atoms with Crippen LogP contribution in [0.4, 0.5) is 0 Å². The third kappa shape index (κ3) is 6.50. The second-order valence-electron chi connectivity index (χ2n) is 7.23. The maximum absolute atomic E-state index is 12.3. The lowest BCUT2D eigenvalue weighted by Crippen LogP contribution is -2.47. The molecule has 0 aliphatic heterocycles. The smallest absolute Gasteiger partial charge is 0.258 e. The van der Waals surface area contributed by atoms with E-state index >= 15 is 0 Å². The maximum atomic E-state index is 12.3. The minimum Gasteiger partial charge on any atom is -0.484 e. The molecule has 0 fully saturated rings. The van der Waals surface area contributed by atoms with Gasteiger partial charge in [-0.2, -0.15) is 0 Å². The first-order valence-electron chi connectivity index (χ1n) is 9.27. The van der Waals surface area contributed by atoms with Crippen molar-refractivity contribution in [1.29, 1.82) is 0 Å². The molecule has 6 heteroatoms. The SMILES string of the molecule is CC(C)(Cc1ccccc1Cl)NC(=O)COc1ccc(Oc2ccccn2)cc1. The number of ether oxygens (including phenoxy) is 2. The topological polar surface area (TPSA) is 60.5 Å². The number of amides is 1. The zero-order valence-corrected chi connectivity index (χ0v) is 17.1. The minimum absolute atomic E-state index is 0.0770. The van der Waals surface area contributed by atoms with Crippen molar-refractivity contribution in [2.24, 2.45) is 0 Å². The van der Waals surface area contributed by atoms with Gasteiger partial charge in [0.05, 0.1) is 0 Å². The number of rotatable bonds is 8. The number of benzene rings is 2. The molecule has 5 nitrogen and oxygen atoms in total. The Kier molecular flexibility index (Phi) is 6.73. The van der Waals surface area contributed by atoms with Crippen LogP contribution in [-0.2, 0) is 11.2 Å². The zero-order chi connectivity index (χ0) is 20.7. The third-order valence-corrected chi connectivity index (χ3v) is 4.49. The van der Waals surface area contributed by atoms with Gasteiger partial charge in [-0.15, -0.1) is 0 Å². The summed E-state index contributed by atoms with van der Waals surface area (Å²) in [5, 5.41) is 3.68. The number of hydrogen-bond donors (Lipinski definition) is 1. The van der Waals surface area contributed by atoms with E-state index in [0.717, 1.165) is 5.56 Å². The van der Waals surface area contributed by atoms with Crippen LogP contribution in [0.1, 0.15) is 19.4 Å². The van der Waals surface area contributed by atoms with Gasteiger partial charge in [-0.25, -0.2) is 4.98 Å². The lowest BCUT2D eigenvalue weighted by Gasteiger charge is -2.27. The van der Waals surface area contributed by atoms with Gasteiger partial charge in [-0.05, 0) is 62.2 Å². The van der Waals surface area contributed by atoms with E-state index in [4.69, 9.17) is 21.1 Å². The number of halogens is 1. The van der Waals surface area contributed by atoms with Crippen LogP contribution >= 0.6 is 11.6 Å². The molecule has 1 amide bonds. The van der Waals surface area contributed by atoms with Crippen LogP contribution in [0, 0.1) is 0 Å². The van der Waals surface area contributed by atoms with Gasteiger partial charge in [0.1, 0.15) is 11.5 Å². The molecule has 0 bridgehead atoms. The van der Waals surface area contributed by atoms with Gasteiger partial charge in [0.2, 0.25) is 5.88 Å². The Labute approximate surface area is 175 Å². The second kappa shape index (κ2) is 9.43. The van der Waals surface area contributed by atoms with Gasteiger partial charge < -0.3 is 14.8 Å². The summed E-state index contributed by atoms with van der Waals surface area (Å²) in [6.07, 6.45) is 2.29. The van der Waals surface area contributed by atoms with Crippen molar-refractivity contribution >= 4 is 17.5 Å². The minimum atomic E-state index is -0.453. The number of hydrogen-bond acceptors (Lipinski definition) is 4. The van der Waals surface area contributed by atoms with Crippen molar-refractivity contribution in [3.05, 3.63) is 83.5 Å². The van der Waals surface area contributed by atoms with E-state index < -0.39 is 5.54 Å². The van der Waals surface area contributed by atoms with Crippen LogP contribution < -0.4 is 14.8 Å². The van der Waals surface area contributed by atoms with Crippen molar-refractivity contribution in [1.82, 2.24) is 10.3 Å². The second-order valence-corrected chi connectivity index (χ2v) is 7.64. The van der Waals surface area contributed by atoms with Crippen LogP contribution in [-0.4, -0.2) is 23.0 Å². The molecule has 0 saturated heterocycles. The zero-order valence-electron chi connectivity index (χ0n) is 16.4. The van der Waals surface area contributed by atoms with Gasteiger partial charge in [0, 0.05) is 22.8 Å². The Morgan fingerprint density at radius 3 is 2.38 bits per heavy atom. The van der Waals surface area contributed by atoms with Crippen molar-refractivity contribution in [3.63, 3.8) is 0 Å². The van der Waals surface area contributed by atoms with Gasteiger partial charge >= 0.3 is 0 Å². The fraction of sp³-hybridized carbons (Fsp3) is 0.217. The third-order valence-electron chi connectivity index (χ3n) is 4.12. The molecule has 29 heavy (non-hydrogen) atoms. The molecule has 3 aromatic rings. The van der Waals surface area contributed by atoms with E-state index in [9.17, 15) is 4.79 Å². The summed E-state index contributed by atoms with van der Waals surface area (Å²) in [6.45, 7) is 3.84. The summed E-state index contributed by atoms with van der Waals surface area (Å²) in [7, 11) is 0. The van der Waals surface area contributed by atoms with E-state index in [1.807, 2.05) is 50.2 Å². The first-order chi connectivity index (χ1) is 13.9. The van der Waals surface area contributed by atoms with Gasteiger partial charge in [-0.3, -0.25) is 4.79 Å². The van der Waals surface area contributed by atoms with E-state index in [1.54, 1.807) is 36.5 Å². The maximum Gasteiger partial charge on any atom is 0.258 e. The molecular formula is C23H23ClN2O3. The average Bonchev–Trinajstić information content (AvgIpc) is 2.69. The molecule has 1 N–H and O–H groups in total. The molecule has 1 heterocycles. The first kappa shape index (κ1) is 20.7. The summed E-state index contributed by atoms with van der Waals surface area (Å²) in [5.74, 6) is 1.54. The Bertz CT molecular complexity index is 944. The molecule has 0 unspecified atom stereocenters. The molecule has 3 rings (SSSR count). The number of carbonyl (C=O) groups is 1. The predicted molar refractivity (Wildman–Crippen MR) is 114 cm³/mol. The molecule has 0 aliphatic rings. The van der Waals surface area contributed by atoms with Crippen LogP contribution in [0.25, 0.3) is 0 Å². The number of aromatic nitrogens is 1. The lowest BCUT2D eigenvalue weighted by atomic mass is 9.95. The Morgan fingerprint density at radius 2 is 1.69 bits per heavy atom. The summed E-state index contributed by atoms with van der Waals surface area (Å²) in [6, 6.07) is 20.1. The van der Waals surface area contributed by atoms with E-state index in [-0.39, 0.29) is 12.5 Å². The summed E-state index contributed by atoms with van der Waals surface area (Å²) in [5.41, 5.74) is 0.537. The Balaban J connectivity index is 1.49. The Morgan fingerprint density at radius 1 is 1.00 bits per heavy atom. The Hall–Kier alpha value is -3.05. The molecule has 0 saturated carbocycles. The summed E-state index contributed by atoms with van der Waals surface area (Å²) in [4.78, 5) is 16.4. The van der Waals surface area contributed by atoms with Crippen molar-refractivity contribution in [2.75, 3.05) is 6.61 Å². The summed E-state index contributed by atoms with van der Waals surface area (Å²) >= 11 is 6.22. The predicted octanol–water partition coefficient (Wildman–Crippen LogP) is 5.04. The lowest BCUT2D eigenvalue weighted by molar-refractivity contribution is -0.124. The van der Waals surface area contributed by atoms with Crippen molar-refractivity contribution < 1.29 is 14.3 Å². The highest BCUT2D eigenvalue weighted by Gasteiger charge is 2.22. The fourth-order valence-electron chi connectivity index (χ4n) is 2.86. The molecule has 0 radical (unpaired) electrons. The van der Waals surface area contributed by atoms with Crippen LogP contribution in [0.5, 0.6) is 17.4 Å². The monoisotopic (exact) mass is 410 g/mol. The molecular weight excluding hydrogens is 388 g/mol. The number of nitrogens with zero attached hydrogens (tertiary/aromatic N) is 1. The highest BCUT2D eigenvalue weighted by Crippen LogP contribution is 2.23. The van der Waals surface area contributed by atoms with Crippen molar-refractivity contribution in [2.45, 2.75) is 25.8 Å². The number of pyridine rings is 1. The number of nitrogens with one attached hydrogen (secondary N) is 1. The molecule has 0 atom stereocenters.